The zero-order valence-corrected chi connectivity index (χ0v) is 15.7. The van der Waals surface area contributed by atoms with Crippen LogP contribution in [0.4, 0.5) is 0 Å². The van der Waals surface area contributed by atoms with Crippen LogP contribution in [0.5, 0.6) is 0 Å². The van der Waals surface area contributed by atoms with Gasteiger partial charge in [-0.3, -0.25) is 4.79 Å². The van der Waals surface area contributed by atoms with Gasteiger partial charge in [0.25, 0.3) is 0 Å². The molecule has 0 unspecified atom stereocenters. The molecule has 2 heteroatoms. The van der Waals surface area contributed by atoms with Crippen LogP contribution in [0.2, 0.25) is 0 Å². The number of Topliss-reactive ketones (excluding diaryl/α,β-unsaturated/α-hetero) is 1. The quantitative estimate of drug-likeness (QED) is 0.688. The summed E-state index contributed by atoms with van der Waals surface area (Å²) in [5, 5.41) is 0. The predicted molar refractivity (Wildman–Crippen MR) is 96.3 cm³/mol. The van der Waals surface area contributed by atoms with Crippen molar-refractivity contribution in [3.8, 4) is 0 Å². The Bertz CT molecular complexity index is 615. The molecule has 4 aliphatic carbocycles. The molecule has 24 heavy (non-hydrogen) atoms. The van der Waals surface area contributed by atoms with Gasteiger partial charge in [0.2, 0.25) is 0 Å². The van der Waals surface area contributed by atoms with Gasteiger partial charge < -0.3 is 4.74 Å². The second-order valence-electron chi connectivity index (χ2n) is 9.29. The van der Waals surface area contributed by atoms with Crippen molar-refractivity contribution in [2.75, 3.05) is 7.11 Å². The molecule has 2 nitrogen and oxygen atoms in total. The molecule has 0 aromatic heterocycles. The van der Waals surface area contributed by atoms with Crippen molar-refractivity contribution in [1.29, 1.82) is 0 Å². The molecule has 0 radical (unpaired) electrons. The second kappa shape index (κ2) is 5.47. The van der Waals surface area contributed by atoms with Gasteiger partial charge >= 0.3 is 0 Å². The normalized spacial score (nSPS) is 47.0. The molecule has 0 bridgehead atoms. The first kappa shape index (κ1) is 16.4. The smallest absolute Gasteiger partial charge is 0.133 e. The van der Waals surface area contributed by atoms with Crippen molar-refractivity contribution in [3.63, 3.8) is 0 Å². The standard InChI is InChI=1S/C22H32O2/c1-14(23)18-7-8-19-17-6-5-15-13-16(24-4)9-11-21(15,2)20(17)10-12-22(18,19)3/h5,13,17-20H,6-12H2,1-4H3/t17-,18+,19-,20-,21-,22+/m1/s1. The molecule has 2 saturated carbocycles. The third-order valence-electron chi connectivity index (χ3n) is 8.49. The van der Waals surface area contributed by atoms with Crippen LogP contribution in [0.25, 0.3) is 0 Å². The van der Waals surface area contributed by atoms with E-state index < -0.39 is 0 Å². The maximum atomic E-state index is 12.2. The van der Waals surface area contributed by atoms with Crippen LogP contribution in [-0.2, 0) is 9.53 Å². The Morgan fingerprint density at radius 3 is 2.67 bits per heavy atom. The first-order valence-corrected chi connectivity index (χ1v) is 9.86. The van der Waals surface area contributed by atoms with Gasteiger partial charge in [-0.2, -0.15) is 0 Å². The highest BCUT2D eigenvalue weighted by atomic mass is 16.5. The summed E-state index contributed by atoms with van der Waals surface area (Å²) in [6.07, 6.45) is 13.3. The van der Waals surface area contributed by atoms with Crippen molar-refractivity contribution in [3.05, 3.63) is 23.5 Å². The zero-order chi connectivity index (χ0) is 17.1. The van der Waals surface area contributed by atoms with E-state index >= 15 is 0 Å². The highest BCUT2D eigenvalue weighted by Gasteiger charge is 2.58. The van der Waals surface area contributed by atoms with E-state index in [4.69, 9.17) is 4.74 Å². The van der Waals surface area contributed by atoms with Gasteiger partial charge in [-0.25, -0.2) is 0 Å². The van der Waals surface area contributed by atoms with Gasteiger partial charge in [0.15, 0.2) is 0 Å². The van der Waals surface area contributed by atoms with Crippen LogP contribution in [0.1, 0.15) is 65.7 Å². The summed E-state index contributed by atoms with van der Waals surface area (Å²) in [5.74, 6) is 4.20. The van der Waals surface area contributed by atoms with E-state index in [9.17, 15) is 4.79 Å². The molecule has 0 N–H and O–H groups in total. The first-order chi connectivity index (χ1) is 11.4. The van der Waals surface area contributed by atoms with Crippen LogP contribution in [0.3, 0.4) is 0 Å². The number of hydrogen-bond acceptors (Lipinski definition) is 2. The maximum absolute atomic E-state index is 12.2. The van der Waals surface area contributed by atoms with Crippen molar-refractivity contribution in [1.82, 2.24) is 0 Å². The molecule has 0 aliphatic heterocycles. The van der Waals surface area contributed by atoms with Crippen LogP contribution >= 0.6 is 0 Å². The molecule has 0 amide bonds. The molecule has 4 rings (SSSR count). The van der Waals surface area contributed by atoms with Gasteiger partial charge in [0, 0.05) is 12.3 Å². The van der Waals surface area contributed by atoms with E-state index in [1.54, 1.807) is 7.11 Å². The lowest BCUT2D eigenvalue weighted by molar-refractivity contribution is -0.127. The number of allylic oxidation sites excluding steroid dienone is 4. The number of carbonyl (C=O) groups is 1. The van der Waals surface area contributed by atoms with Gasteiger partial charge in [0.05, 0.1) is 12.9 Å². The molecule has 0 saturated heterocycles. The lowest BCUT2D eigenvalue weighted by atomic mass is 9.48. The Balaban J connectivity index is 1.68. The summed E-state index contributed by atoms with van der Waals surface area (Å²) in [5.41, 5.74) is 2.11. The number of rotatable bonds is 2. The minimum atomic E-state index is 0.261. The van der Waals surface area contributed by atoms with Gasteiger partial charge in [0.1, 0.15) is 5.78 Å². The number of ether oxygens (including phenoxy) is 1. The summed E-state index contributed by atoms with van der Waals surface area (Å²) >= 11 is 0. The highest BCUT2D eigenvalue weighted by Crippen LogP contribution is 2.66. The van der Waals surface area contributed by atoms with E-state index in [0.29, 0.717) is 17.1 Å². The molecule has 0 heterocycles. The topological polar surface area (TPSA) is 26.3 Å². The Labute approximate surface area is 146 Å². The van der Waals surface area contributed by atoms with E-state index in [2.05, 4.69) is 26.0 Å². The number of fused-ring (bicyclic) bond motifs is 5. The van der Waals surface area contributed by atoms with E-state index in [0.717, 1.165) is 36.4 Å². The molecule has 0 spiro atoms. The Kier molecular flexibility index (Phi) is 3.75. The molecule has 6 atom stereocenters. The summed E-state index contributed by atoms with van der Waals surface area (Å²) in [6.45, 7) is 6.75. The molecule has 2 fully saturated rings. The van der Waals surface area contributed by atoms with Gasteiger partial charge in [-0.15, -0.1) is 0 Å². The molecule has 0 aromatic rings. The van der Waals surface area contributed by atoms with Crippen LogP contribution < -0.4 is 0 Å². The number of ketones is 1. The lowest BCUT2D eigenvalue weighted by Gasteiger charge is -2.56. The molecule has 4 aliphatic rings. The second-order valence-corrected chi connectivity index (χ2v) is 9.29. The Morgan fingerprint density at radius 1 is 1.17 bits per heavy atom. The van der Waals surface area contributed by atoms with Crippen molar-refractivity contribution < 1.29 is 9.53 Å². The van der Waals surface area contributed by atoms with E-state index in [-0.39, 0.29) is 5.41 Å². The van der Waals surface area contributed by atoms with Crippen molar-refractivity contribution in [2.24, 2.45) is 34.5 Å². The molecular weight excluding hydrogens is 296 g/mol. The number of hydrogen-bond donors (Lipinski definition) is 0. The fraction of sp³-hybridized carbons (Fsp3) is 0.773. The number of methoxy groups -OCH3 is 1. The van der Waals surface area contributed by atoms with Crippen LogP contribution in [0.15, 0.2) is 23.5 Å². The maximum Gasteiger partial charge on any atom is 0.133 e. The van der Waals surface area contributed by atoms with E-state index in [1.807, 2.05) is 6.92 Å². The molecule has 0 aromatic carbocycles. The predicted octanol–water partition coefficient (Wildman–Crippen LogP) is 5.29. The van der Waals surface area contributed by atoms with E-state index in [1.165, 1.54) is 37.7 Å². The van der Waals surface area contributed by atoms with Crippen molar-refractivity contribution in [2.45, 2.75) is 65.7 Å². The largest absolute Gasteiger partial charge is 0.501 e. The summed E-state index contributed by atoms with van der Waals surface area (Å²) in [7, 11) is 1.80. The van der Waals surface area contributed by atoms with Crippen LogP contribution in [-0.4, -0.2) is 12.9 Å². The lowest BCUT2D eigenvalue weighted by Crippen LogP contribution is -2.49. The summed E-state index contributed by atoms with van der Waals surface area (Å²) in [4.78, 5) is 12.2. The molecule has 132 valence electrons. The SMILES string of the molecule is COC1=CC2=CC[C@@H]3[C@H]4CC[C@@H](C(C)=O)[C@]4(C)CC[C@H]3[C@]2(C)CC1. The third-order valence-corrected chi connectivity index (χ3v) is 8.49. The van der Waals surface area contributed by atoms with Crippen molar-refractivity contribution >= 4 is 5.78 Å². The Hall–Kier alpha value is -1.05. The van der Waals surface area contributed by atoms with Crippen LogP contribution in [0, 0.1) is 34.5 Å². The highest BCUT2D eigenvalue weighted by molar-refractivity contribution is 5.79. The monoisotopic (exact) mass is 328 g/mol. The summed E-state index contributed by atoms with van der Waals surface area (Å²) < 4.78 is 5.53. The average Bonchev–Trinajstić information content (AvgIpc) is 2.91. The van der Waals surface area contributed by atoms with Gasteiger partial charge in [-0.1, -0.05) is 19.9 Å². The summed E-state index contributed by atoms with van der Waals surface area (Å²) in [6, 6.07) is 0. The minimum absolute atomic E-state index is 0.261. The minimum Gasteiger partial charge on any atom is -0.501 e. The fourth-order valence-electron chi connectivity index (χ4n) is 7.13. The first-order valence-electron chi connectivity index (χ1n) is 9.86. The van der Waals surface area contributed by atoms with Gasteiger partial charge in [-0.05, 0) is 85.7 Å². The fourth-order valence-corrected chi connectivity index (χ4v) is 7.13. The number of carbonyl (C=O) groups excluding carboxylic acids is 1. The third kappa shape index (κ3) is 2.10. The zero-order valence-electron chi connectivity index (χ0n) is 15.7. The Morgan fingerprint density at radius 2 is 1.96 bits per heavy atom. The average molecular weight is 328 g/mol. The molecular formula is C22H32O2.